The molecular formula is C21H21F6N5O2. The molecule has 13 heteroatoms. The molecule has 34 heavy (non-hydrogen) atoms. The van der Waals surface area contributed by atoms with Gasteiger partial charge in [-0.25, -0.2) is 23.5 Å². The molecule has 1 fully saturated rings. The predicted molar refractivity (Wildman–Crippen MR) is 108 cm³/mol. The Bertz CT molecular complexity index is 1090. The third kappa shape index (κ3) is 4.28. The van der Waals surface area contributed by atoms with Gasteiger partial charge in [0.05, 0.1) is 17.0 Å². The lowest BCUT2D eigenvalue weighted by molar-refractivity contribution is -0.206. The number of piperidine rings is 1. The van der Waals surface area contributed by atoms with Crippen LogP contribution in [0.25, 0.3) is 11.4 Å². The number of nitrogens with one attached hydrogen (secondary N) is 2. The van der Waals surface area contributed by atoms with E-state index in [0.29, 0.717) is 13.1 Å². The molecule has 0 unspecified atom stereocenters. The number of aromatic nitrogens is 3. The van der Waals surface area contributed by atoms with Gasteiger partial charge in [-0.3, -0.25) is 14.7 Å². The minimum absolute atomic E-state index is 0.00816. The summed E-state index contributed by atoms with van der Waals surface area (Å²) >= 11 is 0. The fourth-order valence-electron chi connectivity index (χ4n) is 4.17. The smallest absolute Gasteiger partial charge is 0.430 e. The van der Waals surface area contributed by atoms with Crippen LogP contribution in [-0.4, -0.2) is 47.0 Å². The van der Waals surface area contributed by atoms with Gasteiger partial charge in [-0.2, -0.15) is 13.2 Å². The number of hydrogen-bond acceptors (Lipinski definition) is 6. The molecule has 4 rings (SSSR count). The van der Waals surface area contributed by atoms with Crippen molar-refractivity contribution in [2.75, 3.05) is 25.1 Å². The van der Waals surface area contributed by atoms with Crippen LogP contribution < -0.4 is 10.6 Å². The van der Waals surface area contributed by atoms with E-state index in [4.69, 9.17) is 0 Å². The number of cyclic esters (lactones) is 1. The van der Waals surface area contributed by atoms with Crippen LogP contribution in [0, 0.1) is 0 Å². The molecule has 4 heterocycles. The first-order chi connectivity index (χ1) is 16.0. The predicted octanol–water partition coefficient (Wildman–Crippen LogP) is 4.80. The normalized spacial score (nSPS) is 20.3. The van der Waals surface area contributed by atoms with Crippen molar-refractivity contribution in [3.63, 3.8) is 0 Å². The summed E-state index contributed by atoms with van der Waals surface area (Å²) in [6.07, 6.45) is -8.31. The van der Waals surface area contributed by atoms with Gasteiger partial charge in [-0.1, -0.05) is 6.92 Å². The second-order valence-corrected chi connectivity index (χ2v) is 8.28. The van der Waals surface area contributed by atoms with Gasteiger partial charge in [0.25, 0.3) is 5.92 Å². The first-order valence-corrected chi connectivity index (χ1v) is 10.6. The standard InChI is InChI=1S/C21H21F6N5O2/c1-2-20(23,24)11-7-12(31-13(8-11)19(9-22)3-5-28-6-4-19)15-14-16(21(25,26)27)34-18(33)32-17(14)30-10-29-15/h7-8,10,16,28H,2-6,9H2,1H3,(H,29,30,32,33)/t16-/m1/s1. The number of ether oxygens (including phenoxy) is 1. The van der Waals surface area contributed by atoms with E-state index in [9.17, 15) is 31.1 Å². The first-order valence-electron chi connectivity index (χ1n) is 10.6. The third-order valence-corrected chi connectivity index (χ3v) is 6.18. The monoisotopic (exact) mass is 489 g/mol. The van der Waals surface area contributed by atoms with E-state index < -0.39 is 65.4 Å². The number of hydrogen-bond donors (Lipinski definition) is 2. The SMILES string of the molecule is CCC(F)(F)c1cc(-c2ncnc3c2[C@H](C(F)(F)F)OC(=O)N3)nc(C2(CF)CCNCC2)c1. The molecule has 0 radical (unpaired) electrons. The van der Waals surface area contributed by atoms with Crippen molar-refractivity contribution in [3.8, 4) is 11.4 Å². The summed E-state index contributed by atoms with van der Waals surface area (Å²) in [4.78, 5) is 23.5. The molecule has 184 valence electrons. The van der Waals surface area contributed by atoms with Gasteiger partial charge in [-0.05, 0) is 38.1 Å². The number of fused-ring (bicyclic) bond motifs is 1. The van der Waals surface area contributed by atoms with Crippen molar-refractivity contribution in [1.82, 2.24) is 20.3 Å². The van der Waals surface area contributed by atoms with Crippen LogP contribution >= 0.6 is 0 Å². The number of halogens is 6. The van der Waals surface area contributed by atoms with Gasteiger partial charge >= 0.3 is 12.3 Å². The number of anilines is 1. The van der Waals surface area contributed by atoms with E-state index in [2.05, 4.69) is 30.3 Å². The molecule has 1 atom stereocenters. The topological polar surface area (TPSA) is 89.0 Å². The Morgan fingerprint density at radius 2 is 1.85 bits per heavy atom. The van der Waals surface area contributed by atoms with Gasteiger partial charge in [-0.15, -0.1) is 0 Å². The van der Waals surface area contributed by atoms with Crippen LogP contribution in [0.5, 0.6) is 0 Å². The quantitative estimate of drug-likeness (QED) is 0.587. The zero-order valence-electron chi connectivity index (χ0n) is 18.0. The lowest BCUT2D eigenvalue weighted by atomic mass is 9.76. The van der Waals surface area contributed by atoms with Crippen molar-refractivity contribution in [1.29, 1.82) is 0 Å². The molecule has 2 aromatic heterocycles. The van der Waals surface area contributed by atoms with Gasteiger partial charge in [0.2, 0.25) is 6.10 Å². The summed E-state index contributed by atoms with van der Waals surface area (Å²) in [5, 5.41) is 5.14. The van der Waals surface area contributed by atoms with Crippen molar-refractivity contribution < 1.29 is 35.9 Å². The molecule has 0 bridgehead atoms. The molecule has 0 saturated carbocycles. The minimum atomic E-state index is -5.03. The van der Waals surface area contributed by atoms with Crippen molar-refractivity contribution in [3.05, 3.63) is 35.3 Å². The van der Waals surface area contributed by atoms with Crippen LogP contribution in [0.2, 0.25) is 0 Å². The van der Waals surface area contributed by atoms with E-state index in [1.54, 1.807) is 0 Å². The third-order valence-electron chi connectivity index (χ3n) is 6.18. The maximum absolute atomic E-state index is 14.8. The molecule has 7 nitrogen and oxygen atoms in total. The zero-order valence-corrected chi connectivity index (χ0v) is 18.0. The zero-order chi connectivity index (χ0) is 24.7. The molecule has 1 saturated heterocycles. The fraction of sp³-hybridized carbons (Fsp3) is 0.524. The van der Waals surface area contributed by atoms with Gasteiger partial charge in [0.15, 0.2) is 0 Å². The van der Waals surface area contributed by atoms with Crippen LogP contribution in [0.1, 0.15) is 49.1 Å². The van der Waals surface area contributed by atoms with E-state index in [1.807, 2.05) is 0 Å². The average Bonchev–Trinajstić information content (AvgIpc) is 2.82. The maximum Gasteiger partial charge on any atom is 0.430 e. The molecule has 0 aliphatic carbocycles. The second kappa shape index (κ2) is 8.67. The summed E-state index contributed by atoms with van der Waals surface area (Å²) < 4.78 is 89.5. The molecule has 0 spiro atoms. The molecule has 2 aliphatic rings. The van der Waals surface area contributed by atoms with Crippen LogP contribution in [0.4, 0.5) is 37.0 Å². The first kappa shape index (κ1) is 24.2. The summed E-state index contributed by atoms with van der Waals surface area (Å²) in [6.45, 7) is 1.22. The Balaban J connectivity index is 1.96. The molecule has 2 aliphatic heterocycles. The molecule has 2 N–H and O–H groups in total. The number of carbonyl (C=O) groups excluding carboxylic acids is 1. The maximum atomic E-state index is 14.8. The Hall–Kier alpha value is -2.96. The van der Waals surface area contributed by atoms with Crippen molar-refractivity contribution in [2.24, 2.45) is 0 Å². The molecular weight excluding hydrogens is 468 g/mol. The van der Waals surface area contributed by atoms with E-state index >= 15 is 0 Å². The largest absolute Gasteiger partial charge is 0.431 e. The Kier molecular flexibility index (Phi) is 6.17. The van der Waals surface area contributed by atoms with Crippen molar-refractivity contribution >= 4 is 11.9 Å². The van der Waals surface area contributed by atoms with Crippen LogP contribution in [0.3, 0.4) is 0 Å². The highest BCUT2D eigenvalue weighted by Crippen LogP contribution is 2.46. The van der Waals surface area contributed by atoms with Crippen molar-refractivity contribution in [2.45, 2.75) is 49.8 Å². The van der Waals surface area contributed by atoms with Gasteiger partial charge in [0.1, 0.15) is 24.5 Å². The summed E-state index contributed by atoms with van der Waals surface area (Å²) in [7, 11) is 0. The fourth-order valence-corrected chi connectivity index (χ4v) is 4.17. The van der Waals surface area contributed by atoms with E-state index in [0.717, 1.165) is 18.5 Å². The molecule has 2 aromatic rings. The lowest BCUT2D eigenvalue weighted by Crippen LogP contribution is -2.42. The van der Waals surface area contributed by atoms with Gasteiger partial charge < -0.3 is 10.1 Å². The van der Waals surface area contributed by atoms with Gasteiger partial charge in [0, 0.05) is 17.4 Å². The molecule has 0 aromatic carbocycles. The second-order valence-electron chi connectivity index (χ2n) is 8.28. The number of amides is 1. The highest BCUT2D eigenvalue weighted by molar-refractivity contribution is 5.88. The lowest BCUT2D eigenvalue weighted by Gasteiger charge is -2.35. The minimum Gasteiger partial charge on any atom is -0.431 e. The summed E-state index contributed by atoms with van der Waals surface area (Å²) in [6, 6.07) is 2.05. The Morgan fingerprint density at radius 1 is 1.15 bits per heavy atom. The van der Waals surface area contributed by atoms with E-state index in [-0.39, 0.29) is 24.2 Å². The number of nitrogens with zero attached hydrogens (tertiary/aromatic N) is 3. The summed E-state index contributed by atoms with van der Waals surface area (Å²) in [5.74, 6) is -3.82. The van der Waals surface area contributed by atoms with E-state index in [1.165, 1.54) is 6.92 Å². The van der Waals surface area contributed by atoms with Crippen LogP contribution in [0.15, 0.2) is 18.5 Å². The Labute approximate surface area is 190 Å². The number of alkyl halides is 6. The average molecular weight is 489 g/mol. The molecule has 1 amide bonds. The summed E-state index contributed by atoms with van der Waals surface area (Å²) in [5.41, 5.74) is -3.11. The highest BCUT2D eigenvalue weighted by atomic mass is 19.4. The highest BCUT2D eigenvalue weighted by Gasteiger charge is 2.50. The number of rotatable bonds is 5. The number of carbonyl (C=O) groups is 1. The van der Waals surface area contributed by atoms with Crippen LogP contribution in [-0.2, 0) is 16.1 Å². The number of pyridine rings is 1. The Morgan fingerprint density at radius 3 is 2.47 bits per heavy atom.